The minimum Gasteiger partial charge on any atom is -0.455 e. The highest BCUT2D eigenvalue weighted by molar-refractivity contribution is 5.84. The van der Waals surface area contributed by atoms with E-state index in [4.69, 9.17) is 14.7 Å². The summed E-state index contributed by atoms with van der Waals surface area (Å²) in [5, 5.41) is 8.77. The number of carbonyl (C=O) groups excluding carboxylic acids is 1. The smallest absolute Gasteiger partial charge is 0.339 e. The number of hydrogen-bond donors (Lipinski definition) is 2. The summed E-state index contributed by atoms with van der Waals surface area (Å²) in [4.78, 5) is 11.4. The molecule has 5 nitrogen and oxygen atoms in total. The van der Waals surface area contributed by atoms with E-state index in [0.717, 1.165) is 0 Å². The van der Waals surface area contributed by atoms with E-state index in [1.165, 1.54) is 6.92 Å². The second-order valence-electron chi connectivity index (χ2n) is 3.55. The number of rotatable bonds is 1. The molecule has 0 aliphatic carbocycles. The van der Waals surface area contributed by atoms with Gasteiger partial charge in [-0.05, 0) is 6.92 Å². The molecule has 1 fully saturated rings. The second kappa shape index (κ2) is 2.71. The van der Waals surface area contributed by atoms with Crippen LogP contribution in [0.25, 0.3) is 0 Å². The standard InChI is InChI=1S/C8H13NO4/c1-5-8(4,9-11)6(10)13-7(2,3)12-5/h9,11H,1H2,2-4H3. The Morgan fingerprint density at radius 3 is 2.31 bits per heavy atom. The lowest BCUT2D eigenvalue weighted by atomic mass is 10.0. The summed E-state index contributed by atoms with van der Waals surface area (Å²) in [5.41, 5.74) is 0.439. The van der Waals surface area contributed by atoms with Crippen molar-refractivity contribution in [3.63, 3.8) is 0 Å². The first-order chi connectivity index (χ1) is 5.82. The minimum atomic E-state index is -1.38. The fourth-order valence-electron chi connectivity index (χ4n) is 0.967. The molecule has 0 spiro atoms. The zero-order valence-electron chi connectivity index (χ0n) is 7.88. The maximum absolute atomic E-state index is 11.4. The average molecular weight is 187 g/mol. The molecule has 1 saturated heterocycles. The van der Waals surface area contributed by atoms with Crippen molar-refractivity contribution in [2.45, 2.75) is 32.1 Å². The Kier molecular flexibility index (Phi) is 2.09. The van der Waals surface area contributed by atoms with Gasteiger partial charge < -0.3 is 14.7 Å². The zero-order valence-corrected chi connectivity index (χ0v) is 7.88. The molecule has 74 valence electrons. The van der Waals surface area contributed by atoms with Crippen molar-refractivity contribution in [2.24, 2.45) is 0 Å². The molecular weight excluding hydrogens is 174 g/mol. The first kappa shape index (κ1) is 10.0. The van der Waals surface area contributed by atoms with Crippen LogP contribution >= 0.6 is 0 Å². The van der Waals surface area contributed by atoms with Crippen molar-refractivity contribution in [1.82, 2.24) is 5.48 Å². The summed E-state index contributed by atoms with van der Waals surface area (Å²) in [6, 6.07) is 0. The molecule has 0 radical (unpaired) electrons. The molecule has 5 heteroatoms. The van der Waals surface area contributed by atoms with Gasteiger partial charge in [0.05, 0.1) is 0 Å². The predicted molar refractivity (Wildman–Crippen MR) is 43.7 cm³/mol. The van der Waals surface area contributed by atoms with Crippen molar-refractivity contribution >= 4 is 5.97 Å². The minimum absolute atomic E-state index is 0.135. The third kappa shape index (κ3) is 1.52. The Labute approximate surface area is 76.3 Å². The molecular formula is C8H13NO4. The Hall–Kier alpha value is -1.07. The highest BCUT2D eigenvalue weighted by atomic mass is 16.7. The number of esters is 1. The van der Waals surface area contributed by atoms with Gasteiger partial charge >= 0.3 is 5.97 Å². The van der Waals surface area contributed by atoms with E-state index in [2.05, 4.69) is 6.58 Å². The lowest BCUT2D eigenvalue weighted by molar-refractivity contribution is -0.237. The first-order valence-electron chi connectivity index (χ1n) is 3.85. The number of cyclic esters (lactones) is 1. The quantitative estimate of drug-likeness (QED) is 0.463. The molecule has 1 rings (SSSR count). The third-order valence-electron chi connectivity index (χ3n) is 1.90. The number of nitrogens with one attached hydrogen (secondary N) is 1. The number of hydroxylamine groups is 1. The molecule has 1 unspecified atom stereocenters. The van der Waals surface area contributed by atoms with Crippen LogP contribution in [0.3, 0.4) is 0 Å². The van der Waals surface area contributed by atoms with Crippen molar-refractivity contribution in [3.05, 3.63) is 12.3 Å². The third-order valence-corrected chi connectivity index (χ3v) is 1.90. The summed E-state index contributed by atoms with van der Waals surface area (Å²) < 4.78 is 10.1. The van der Waals surface area contributed by atoms with Gasteiger partial charge in [-0.1, -0.05) is 6.58 Å². The lowest BCUT2D eigenvalue weighted by Crippen LogP contribution is -2.58. The summed E-state index contributed by atoms with van der Waals surface area (Å²) in [6.07, 6.45) is 0. The fourth-order valence-corrected chi connectivity index (χ4v) is 0.967. The van der Waals surface area contributed by atoms with E-state index >= 15 is 0 Å². The van der Waals surface area contributed by atoms with Crippen molar-refractivity contribution < 1.29 is 19.5 Å². The fraction of sp³-hybridized carbons (Fsp3) is 0.625. The van der Waals surface area contributed by atoms with Crippen LogP contribution in [0, 0.1) is 0 Å². The zero-order chi connectivity index (χ0) is 10.3. The number of ether oxygens (including phenoxy) is 2. The predicted octanol–water partition coefficient (Wildman–Crippen LogP) is 0.547. The summed E-state index contributed by atoms with van der Waals surface area (Å²) in [5.74, 6) is -1.50. The molecule has 0 saturated carbocycles. The van der Waals surface area contributed by atoms with Gasteiger partial charge in [0.2, 0.25) is 5.79 Å². The van der Waals surface area contributed by atoms with Gasteiger partial charge in [0.1, 0.15) is 5.76 Å². The summed E-state index contributed by atoms with van der Waals surface area (Å²) >= 11 is 0. The molecule has 1 heterocycles. The van der Waals surface area contributed by atoms with Gasteiger partial charge in [-0.3, -0.25) is 0 Å². The van der Waals surface area contributed by atoms with E-state index in [-0.39, 0.29) is 5.76 Å². The van der Waals surface area contributed by atoms with Crippen molar-refractivity contribution in [3.8, 4) is 0 Å². The largest absolute Gasteiger partial charge is 0.455 e. The molecule has 13 heavy (non-hydrogen) atoms. The molecule has 0 aromatic heterocycles. The molecule has 0 bridgehead atoms. The van der Waals surface area contributed by atoms with Crippen LogP contribution in [0.1, 0.15) is 20.8 Å². The van der Waals surface area contributed by atoms with Crippen molar-refractivity contribution in [2.75, 3.05) is 0 Å². The van der Waals surface area contributed by atoms with Gasteiger partial charge in [0.25, 0.3) is 0 Å². The lowest BCUT2D eigenvalue weighted by Gasteiger charge is -2.40. The van der Waals surface area contributed by atoms with Crippen LogP contribution in [0.4, 0.5) is 0 Å². The van der Waals surface area contributed by atoms with E-state index in [9.17, 15) is 4.79 Å². The van der Waals surface area contributed by atoms with E-state index < -0.39 is 17.3 Å². The topological polar surface area (TPSA) is 67.8 Å². The molecule has 0 amide bonds. The van der Waals surface area contributed by atoms with Crippen LogP contribution in [0.5, 0.6) is 0 Å². The SMILES string of the molecule is C=C1OC(C)(C)OC(=O)C1(C)NO. The van der Waals surface area contributed by atoms with Crippen LogP contribution in [-0.4, -0.2) is 22.5 Å². The van der Waals surface area contributed by atoms with Gasteiger partial charge in [0.15, 0.2) is 5.54 Å². The monoisotopic (exact) mass is 187 g/mol. The Morgan fingerprint density at radius 2 is 1.92 bits per heavy atom. The van der Waals surface area contributed by atoms with Crippen LogP contribution < -0.4 is 5.48 Å². The van der Waals surface area contributed by atoms with Gasteiger partial charge in [-0.15, -0.1) is 0 Å². The second-order valence-corrected chi connectivity index (χ2v) is 3.55. The van der Waals surface area contributed by atoms with Gasteiger partial charge in [0, 0.05) is 13.8 Å². The molecule has 1 atom stereocenters. The first-order valence-corrected chi connectivity index (χ1v) is 3.85. The Bertz CT molecular complexity index is 239. The average Bonchev–Trinajstić information content (AvgIpc) is 1.98. The highest BCUT2D eigenvalue weighted by Gasteiger charge is 2.48. The molecule has 0 aromatic rings. The number of carbonyl (C=O) groups is 1. The van der Waals surface area contributed by atoms with Gasteiger partial charge in [-0.25, -0.2) is 4.79 Å². The number of hydrogen-bond acceptors (Lipinski definition) is 5. The molecule has 0 aromatic carbocycles. The van der Waals surface area contributed by atoms with E-state index in [0.29, 0.717) is 0 Å². The highest BCUT2D eigenvalue weighted by Crippen LogP contribution is 2.31. The maximum atomic E-state index is 11.4. The van der Waals surface area contributed by atoms with Crippen molar-refractivity contribution in [1.29, 1.82) is 0 Å². The molecule has 1 aliphatic rings. The van der Waals surface area contributed by atoms with Gasteiger partial charge in [-0.2, -0.15) is 5.48 Å². The summed E-state index contributed by atoms with van der Waals surface area (Å²) in [6.45, 7) is 8.14. The van der Waals surface area contributed by atoms with Crippen LogP contribution in [0.15, 0.2) is 12.3 Å². The van der Waals surface area contributed by atoms with Crippen LogP contribution in [-0.2, 0) is 14.3 Å². The molecule has 1 aliphatic heterocycles. The van der Waals surface area contributed by atoms with E-state index in [1.807, 2.05) is 5.48 Å². The normalized spacial score (nSPS) is 32.3. The van der Waals surface area contributed by atoms with E-state index in [1.54, 1.807) is 13.8 Å². The maximum Gasteiger partial charge on any atom is 0.339 e. The summed E-state index contributed by atoms with van der Waals surface area (Å²) in [7, 11) is 0. The Morgan fingerprint density at radius 1 is 1.38 bits per heavy atom. The molecule has 2 N–H and O–H groups in total. The van der Waals surface area contributed by atoms with Crippen LogP contribution in [0.2, 0.25) is 0 Å². The Balaban J connectivity index is 2.96.